The summed E-state index contributed by atoms with van der Waals surface area (Å²) in [5.41, 5.74) is 0.568. The van der Waals surface area contributed by atoms with Crippen molar-refractivity contribution in [1.29, 1.82) is 0 Å². The van der Waals surface area contributed by atoms with E-state index < -0.39 is 36.5 Å². The maximum Gasteiger partial charge on any atom is 0.338 e. The highest BCUT2D eigenvalue weighted by atomic mass is 16.7. The molecule has 1 heterocycles. The van der Waals surface area contributed by atoms with E-state index in [9.17, 15) is 19.8 Å². The minimum absolute atomic E-state index is 0.222. The van der Waals surface area contributed by atoms with Crippen LogP contribution in [0.2, 0.25) is 0 Å². The average molecular weight is 358 g/mol. The minimum Gasteiger partial charge on any atom is -0.453 e. The van der Waals surface area contributed by atoms with Crippen molar-refractivity contribution < 1.29 is 34.0 Å². The Morgan fingerprint density at radius 2 is 1.35 bits per heavy atom. The van der Waals surface area contributed by atoms with Gasteiger partial charge in [0, 0.05) is 0 Å². The van der Waals surface area contributed by atoms with Gasteiger partial charge in [-0.15, -0.1) is 0 Å². The predicted octanol–water partition coefficient (Wildman–Crippen LogP) is 1.15. The summed E-state index contributed by atoms with van der Waals surface area (Å²) in [6, 6.07) is 16.4. The molecule has 2 aromatic rings. The van der Waals surface area contributed by atoms with Gasteiger partial charge in [0.1, 0.15) is 6.10 Å². The van der Waals surface area contributed by atoms with Crippen molar-refractivity contribution in [3.63, 3.8) is 0 Å². The molecule has 1 aliphatic rings. The van der Waals surface area contributed by atoms with Crippen molar-refractivity contribution in [2.75, 3.05) is 6.61 Å². The largest absolute Gasteiger partial charge is 0.453 e. The van der Waals surface area contributed by atoms with Crippen LogP contribution < -0.4 is 0 Å². The van der Waals surface area contributed by atoms with E-state index in [2.05, 4.69) is 0 Å². The lowest BCUT2D eigenvalue weighted by atomic mass is 10.0. The molecule has 3 rings (SSSR count). The van der Waals surface area contributed by atoms with Crippen LogP contribution >= 0.6 is 0 Å². The topological polar surface area (TPSA) is 102 Å². The number of aliphatic hydroxyl groups is 2. The van der Waals surface area contributed by atoms with E-state index in [1.165, 1.54) is 12.1 Å². The molecule has 2 N–H and O–H groups in total. The van der Waals surface area contributed by atoms with Crippen molar-refractivity contribution >= 4 is 11.9 Å². The fraction of sp³-hybridized carbons (Fsp3) is 0.263. The maximum absolute atomic E-state index is 12.1. The Morgan fingerprint density at radius 1 is 0.846 bits per heavy atom. The van der Waals surface area contributed by atoms with Crippen LogP contribution in [-0.4, -0.2) is 53.4 Å². The molecule has 1 saturated heterocycles. The van der Waals surface area contributed by atoms with Gasteiger partial charge in [-0.05, 0) is 24.3 Å². The summed E-state index contributed by atoms with van der Waals surface area (Å²) < 4.78 is 15.5. The van der Waals surface area contributed by atoms with Gasteiger partial charge in [0.2, 0.25) is 0 Å². The van der Waals surface area contributed by atoms with Crippen LogP contribution in [0, 0.1) is 0 Å². The molecule has 1 fully saturated rings. The Kier molecular flexibility index (Phi) is 5.62. The first-order valence-corrected chi connectivity index (χ1v) is 8.06. The van der Waals surface area contributed by atoms with Gasteiger partial charge >= 0.3 is 11.9 Å². The first-order chi connectivity index (χ1) is 12.6. The number of benzene rings is 2. The lowest BCUT2D eigenvalue weighted by molar-refractivity contribution is -0.251. The number of carbonyl (C=O) groups is 2. The van der Waals surface area contributed by atoms with Gasteiger partial charge in [-0.3, -0.25) is 0 Å². The summed E-state index contributed by atoms with van der Waals surface area (Å²) in [6.45, 7) is -0.222. The molecule has 0 radical (unpaired) electrons. The monoisotopic (exact) mass is 358 g/mol. The Balaban J connectivity index is 1.67. The smallest absolute Gasteiger partial charge is 0.338 e. The molecule has 7 nitrogen and oxygen atoms in total. The SMILES string of the molecule is O=C(O[C@@H]1[C@@H](O)[C@H](OC(=O)c2ccccc2)CO[C@@H]1O)c1ccccc1. The average Bonchev–Trinajstić information content (AvgIpc) is 2.68. The number of aliphatic hydroxyl groups excluding tert-OH is 2. The highest BCUT2D eigenvalue weighted by Gasteiger charge is 2.43. The molecule has 1 aliphatic heterocycles. The molecular weight excluding hydrogens is 340 g/mol. The van der Waals surface area contributed by atoms with Crippen LogP contribution in [0.15, 0.2) is 60.7 Å². The molecule has 0 saturated carbocycles. The molecule has 0 aliphatic carbocycles. The number of hydrogen-bond donors (Lipinski definition) is 2. The van der Waals surface area contributed by atoms with E-state index in [4.69, 9.17) is 14.2 Å². The Hall–Kier alpha value is -2.74. The summed E-state index contributed by atoms with van der Waals surface area (Å²) in [7, 11) is 0. The van der Waals surface area contributed by atoms with Crippen LogP contribution in [0.25, 0.3) is 0 Å². The Labute approximate surface area is 149 Å². The van der Waals surface area contributed by atoms with Crippen molar-refractivity contribution in [3.05, 3.63) is 71.8 Å². The predicted molar refractivity (Wildman–Crippen MR) is 89.3 cm³/mol. The quantitative estimate of drug-likeness (QED) is 0.790. The van der Waals surface area contributed by atoms with E-state index in [-0.39, 0.29) is 12.2 Å². The minimum atomic E-state index is -1.52. The third-order valence-electron chi connectivity index (χ3n) is 3.95. The third-order valence-corrected chi connectivity index (χ3v) is 3.95. The van der Waals surface area contributed by atoms with E-state index in [1.54, 1.807) is 48.5 Å². The Morgan fingerprint density at radius 3 is 1.88 bits per heavy atom. The zero-order valence-corrected chi connectivity index (χ0v) is 13.7. The first-order valence-electron chi connectivity index (χ1n) is 8.06. The molecule has 2 aromatic carbocycles. The lowest BCUT2D eigenvalue weighted by Gasteiger charge is -2.36. The molecule has 0 amide bonds. The molecule has 0 spiro atoms. The number of rotatable bonds is 4. The zero-order valence-electron chi connectivity index (χ0n) is 13.7. The molecule has 4 atom stereocenters. The second-order valence-corrected chi connectivity index (χ2v) is 5.76. The van der Waals surface area contributed by atoms with Gasteiger partial charge in [0.05, 0.1) is 17.7 Å². The highest BCUT2D eigenvalue weighted by molar-refractivity contribution is 5.90. The van der Waals surface area contributed by atoms with E-state index in [0.717, 1.165) is 0 Å². The lowest BCUT2D eigenvalue weighted by Crippen LogP contribution is -2.56. The second kappa shape index (κ2) is 8.09. The van der Waals surface area contributed by atoms with Crippen molar-refractivity contribution in [2.45, 2.75) is 24.6 Å². The van der Waals surface area contributed by atoms with Gasteiger partial charge in [-0.2, -0.15) is 0 Å². The molecule has 0 aromatic heterocycles. The molecule has 7 heteroatoms. The molecule has 136 valence electrons. The summed E-state index contributed by atoms with van der Waals surface area (Å²) in [5.74, 6) is -1.38. The number of hydrogen-bond acceptors (Lipinski definition) is 7. The van der Waals surface area contributed by atoms with Gasteiger partial charge in [0.25, 0.3) is 0 Å². The highest BCUT2D eigenvalue weighted by Crippen LogP contribution is 2.22. The van der Waals surface area contributed by atoms with Crippen molar-refractivity contribution in [1.82, 2.24) is 0 Å². The van der Waals surface area contributed by atoms with Gasteiger partial charge in [0.15, 0.2) is 18.5 Å². The van der Waals surface area contributed by atoms with Crippen LogP contribution in [0.1, 0.15) is 20.7 Å². The molecular formula is C19H18O7. The van der Waals surface area contributed by atoms with Gasteiger partial charge in [-0.25, -0.2) is 9.59 Å². The Bertz CT molecular complexity index is 747. The van der Waals surface area contributed by atoms with E-state index >= 15 is 0 Å². The van der Waals surface area contributed by atoms with Crippen molar-refractivity contribution in [2.24, 2.45) is 0 Å². The summed E-state index contributed by atoms with van der Waals surface area (Å²) in [5, 5.41) is 20.3. The standard InChI is InChI=1S/C19H18O7/c20-15-14(25-17(21)12-7-3-1-4-8-12)11-24-19(23)16(15)26-18(22)13-9-5-2-6-10-13/h1-10,14-16,19-20,23H,11H2/t14-,15+,16-,19+/m1/s1. The third kappa shape index (κ3) is 4.08. The van der Waals surface area contributed by atoms with Crippen LogP contribution in [0.3, 0.4) is 0 Å². The van der Waals surface area contributed by atoms with E-state index in [0.29, 0.717) is 5.56 Å². The van der Waals surface area contributed by atoms with Crippen LogP contribution in [0.5, 0.6) is 0 Å². The van der Waals surface area contributed by atoms with Gasteiger partial charge < -0.3 is 24.4 Å². The van der Waals surface area contributed by atoms with Crippen LogP contribution in [-0.2, 0) is 14.2 Å². The summed E-state index contributed by atoms with van der Waals surface area (Å²) in [6.07, 6.45) is -5.42. The van der Waals surface area contributed by atoms with Gasteiger partial charge in [-0.1, -0.05) is 36.4 Å². The maximum atomic E-state index is 12.1. The number of esters is 2. The summed E-state index contributed by atoms with van der Waals surface area (Å²) >= 11 is 0. The summed E-state index contributed by atoms with van der Waals surface area (Å²) in [4.78, 5) is 24.3. The van der Waals surface area contributed by atoms with Crippen LogP contribution in [0.4, 0.5) is 0 Å². The fourth-order valence-electron chi connectivity index (χ4n) is 2.54. The molecule has 0 bridgehead atoms. The number of carbonyl (C=O) groups excluding carboxylic acids is 2. The second-order valence-electron chi connectivity index (χ2n) is 5.76. The first kappa shape index (κ1) is 18.1. The molecule has 26 heavy (non-hydrogen) atoms. The van der Waals surface area contributed by atoms with Crippen molar-refractivity contribution in [3.8, 4) is 0 Å². The zero-order chi connectivity index (χ0) is 18.5. The molecule has 0 unspecified atom stereocenters. The number of ether oxygens (including phenoxy) is 3. The normalized spacial score (nSPS) is 25.3. The fourth-order valence-corrected chi connectivity index (χ4v) is 2.54. The van der Waals surface area contributed by atoms with E-state index in [1.807, 2.05) is 0 Å².